The number of ether oxygens (including phenoxy) is 2. The van der Waals surface area contributed by atoms with Gasteiger partial charge in [0.25, 0.3) is 0 Å². The van der Waals surface area contributed by atoms with Gasteiger partial charge in [0, 0.05) is 60.6 Å². The van der Waals surface area contributed by atoms with Crippen molar-refractivity contribution in [1.82, 2.24) is 19.8 Å². The molecule has 2 saturated heterocycles. The topological polar surface area (TPSA) is 177 Å². The van der Waals surface area contributed by atoms with Crippen molar-refractivity contribution in [3.8, 4) is 11.4 Å². The standard InChI is InChI=1S/C38H46F2N6O6/c1-5-31(41)37(49)45-17-25(51-19(3)47)13-23(45)15-29-27-9-7-21(39)11-33(27)43-35(29)36-30(28-10-8-22(40)12-34(28)44-36)16-24-14-26(52-20(4)48)18-46(24)38(50)32(42)6-2/h7-12,23-26,31-32,43-44H,5-6,13-18,41-42H2,1-4H3. The average Bonchev–Trinajstić information content (AvgIpc) is 3.86. The van der Waals surface area contributed by atoms with Crippen LogP contribution in [-0.4, -0.2) is 93.0 Å². The number of aromatic nitrogens is 2. The number of nitrogens with two attached hydrogens (primary N) is 2. The van der Waals surface area contributed by atoms with Crippen LogP contribution in [0.5, 0.6) is 0 Å². The zero-order chi connectivity index (χ0) is 37.4. The Hall–Kier alpha value is -4.82. The van der Waals surface area contributed by atoms with Gasteiger partial charge in [-0.3, -0.25) is 19.2 Å². The Kier molecular flexibility index (Phi) is 10.7. The van der Waals surface area contributed by atoms with Gasteiger partial charge in [0.05, 0.1) is 36.6 Å². The van der Waals surface area contributed by atoms with E-state index in [0.717, 1.165) is 21.9 Å². The highest BCUT2D eigenvalue weighted by molar-refractivity contribution is 5.96. The fourth-order valence-electron chi connectivity index (χ4n) is 7.87. The lowest BCUT2D eigenvalue weighted by molar-refractivity contribution is -0.147. The predicted molar refractivity (Wildman–Crippen MR) is 191 cm³/mol. The van der Waals surface area contributed by atoms with Gasteiger partial charge in [-0.25, -0.2) is 8.78 Å². The third kappa shape index (κ3) is 7.40. The maximum absolute atomic E-state index is 14.7. The second kappa shape index (κ2) is 15.0. The SMILES string of the molecule is CCC(N)C(=O)N1CC(OC(C)=O)CC1Cc1c(-c2[nH]c3cc(F)ccc3c2CC2CC(OC(C)=O)CN2C(=O)C(N)CC)[nH]c2cc(F)ccc12. The number of fused-ring (bicyclic) bond motifs is 2. The van der Waals surface area contributed by atoms with E-state index in [-0.39, 0.29) is 24.9 Å². The van der Waals surface area contributed by atoms with E-state index in [1.54, 1.807) is 21.9 Å². The molecular formula is C38H46F2N6O6. The highest BCUT2D eigenvalue weighted by Gasteiger charge is 2.41. The van der Waals surface area contributed by atoms with Gasteiger partial charge in [-0.1, -0.05) is 13.8 Å². The molecule has 2 aliphatic heterocycles. The minimum absolute atomic E-state index is 0.189. The number of carbonyl (C=O) groups excluding carboxylic acids is 4. The molecule has 6 N–H and O–H groups in total. The van der Waals surface area contributed by atoms with Crippen molar-refractivity contribution in [3.05, 3.63) is 59.2 Å². The van der Waals surface area contributed by atoms with Crippen LogP contribution in [0.15, 0.2) is 36.4 Å². The van der Waals surface area contributed by atoms with E-state index < -0.39 is 59.9 Å². The summed E-state index contributed by atoms with van der Waals surface area (Å²) in [6.45, 7) is 6.69. The average molecular weight is 721 g/mol. The smallest absolute Gasteiger partial charge is 0.302 e. The molecular weight excluding hydrogens is 674 g/mol. The maximum Gasteiger partial charge on any atom is 0.302 e. The summed E-state index contributed by atoms with van der Waals surface area (Å²) in [5, 5.41) is 1.44. The lowest BCUT2D eigenvalue weighted by Crippen LogP contribution is -2.46. The molecule has 2 aromatic carbocycles. The monoisotopic (exact) mass is 720 g/mol. The molecule has 2 aliphatic rings. The van der Waals surface area contributed by atoms with Crippen LogP contribution in [0.3, 0.4) is 0 Å². The Bertz CT molecular complexity index is 1870. The van der Waals surface area contributed by atoms with Crippen LogP contribution in [0.4, 0.5) is 8.78 Å². The van der Waals surface area contributed by atoms with E-state index in [1.165, 1.54) is 38.1 Å². The highest BCUT2D eigenvalue weighted by Crippen LogP contribution is 2.40. The van der Waals surface area contributed by atoms with Crippen LogP contribution in [-0.2, 0) is 41.5 Å². The van der Waals surface area contributed by atoms with Gasteiger partial charge in [0.15, 0.2) is 0 Å². The van der Waals surface area contributed by atoms with Crippen LogP contribution in [0.2, 0.25) is 0 Å². The number of nitrogens with one attached hydrogen (secondary N) is 2. The van der Waals surface area contributed by atoms with Crippen molar-refractivity contribution in [3.63, 3.8) is 0 Å². The number of halogens is 2. The molecule has 4 aromatic rings. The number of amides is 2. The quantitative estimate of drug-likeness (QED) is 0.167. The molecule has 0 radical (unpaired) electrons. The van der Waals surface area contributed by atoms with Gasteiger partial charge in [-0.05, 0) is 73.2 Å². The van der Waals surface area contributed by atoms with Gasteiger partial charge in [-0.15, -0.1) is 0 Å². The summed E-state index contributed by atoms with van der Waals surface area (Å²) in [6, 6.07) is 6.58. The molecule has 6 unspecified atom stereocenters. The molecule has 0 spiro atoms. The fourth-order valence-corrected chi connectivity index (χ4v) is 7.87. The third-order valence-corrected chi connectivity index (χ3v) is 10.4. The molecule has 0 aliphatic carbocycles. The summed E-state index contributed by atoms with van der Waals surface area (Å²) in [5.41, 5.74) is 16.2. The minimum atomic E-state index is -0.737. The minimum Gasteiger partial charge on any atom is -0.461 e. The van der Waals surface area contributed by atoms with E-state index in [1.807, 2.05) is 13.8 Å². The number of esters is 2. The van der Waals surface area contributed by atoms with E-state index >= 15 is 0 Å². The molecule has 278 valence electrons. The van der Waals surface area contributed by atoms with Crippen molar-refractivity contribution in [2.24, 2.45) is 11.5 Å². The largest absolute Gasteiger partial charge is 0.461 e. The van der Waals surface area contributed by atoms with Gasteiger partial charge in [0.1, 0.15) is 23.8 Å². The van der Waals surface area contributed by atoms with Crippen LogP contribution in [0.25, 0.3) is 33.2 Å². The number of carbonyl (C=O) groups is 4. The summed E-state index contributed by atoms with van der Waals surface area (Å²) >= 11 is 0. The molecule has 2 amide bonds. The second-order valence-electron chi connectivity index (χ2n) is 14.0. The Balaban J connectivity index is 1.47. The third-order valence-electron chi connectivity index (χ3n) is 10.4. The van der Waals surface area contributed by atoms with Crippen molar-refractivity contribution in [2.75, 3.05) is 13.1 Å². The van der Waals surface area contributed by atoms with Gasteiger partial charge < -0.3 is 40.7 Å². The molecule has 4 heterocycles. The summed E-state index contributed by atoms with van der Waals surface area (Å²) in [6.07, 6.45) is 1.14. The van der Waals surface area contributed by atoms with Crippen LogP contribution < -0.4 is 11.5 Å². The molecule has 6 atom stereocenters. The molecule has 6 rings (SSSR count). The van der Waals surface area contributed by atoms with E-state index in [2.05, 4.69) is 9.97 Å². The Labute approximate surface area is 300 Å². The van der Waals surface area contributed by atoms with E-state index in [9.17, 15) is 28.0 Å². The molecule has 0 bridgehead atoms. The first kappa shape index (κ1) is 37.0. The molecule has 2 aromatic heterocycles. The van der Waals surface area contributed by atoms with E-state index in [0.29, 0.717) is 60.9 Å². The number of nitrogens with zero attached hydrogens (tertiary/aromatic N) is 2. The zero-order valence-electron chi connectivity index (χ0n) is 29.8. The highest BCUT2D eigenvalue weighted by atomic mass is 19.1. The number of rotatable bonds is 11. The molecule has 52 heavy (non-hydrogen) atoms. The molecule has 2 fully saturated rings. The summed E-state index contributed by atoms with van der Waals surface area (Å²) in [7, 11) is 0. The molecule has 0 saturated carbocycles. The van der Waals surface area contributed by atoms with Crippen LogP contribution in [0.1, 0.15) is 64.5 Å². The van der Waals surface area contributed by atoms with Crippen molar-refractivity contribution in [1.29, 1.82) is 0 Å². The van der Waals surface area contributed by atoms with Gasteiger partial charge in [-0.2, -0.15) is 0 Å². The first-order chi connectivity index (χ1) is 24.8. The lowest BCUT2D eigenvalue weighted by Gasteiger charge is -2.27. The number of aromatic amines is 2. The maximum atomic E-state index is 14.7. The number of benzene rings is 2. The Morgan fingerprint density at radius 2 is 1.12 bits per heavy atom. The second-order valence-corrected chi connectivity index (χ2v) is 14.0. The first-order valence-electron chi connectivity index (χ1n) is 17.8. The van der Waals surface area contributed by atoms with Crippen molar-refractivity contribution < 1.29 is 37.4 Å². The van der Waals surface area contributed by atoms with Gasteiger partial charge in [0.2, 0.25) is 11.8 Å². The molecule has 12 nitrogen and oxygen atoms in total. The summed E-state index contributed by atoms with van der Waals surface area (Å²) in [4.78, 5) is 61.1. The Morgan fingerprint density at radius 3 is 1.46 bits per heavy atom. The number of H-pyrrole nitrogens is 2. The molecule has 14 heteroatoms. The summed E-state index contributed by atoms with van der Waals surface area (Å²) in [5.74, 6) is -2.31. The zero-order valence-corrected chi connectivity index (χ0v) is 29.8. The van der Waals surface area contributed by atoms with E-state index in [4.69, 9.17) is 20.9 Å². The fraction of sp³-hybridized carbons (Fsp3) is 0.474. The number of hydrogen-bond donors (Lipinski definition) is 4. The number of hydrogen-bond acceptors (Lipinski definition) is 8. The van der Waals surface area contributed by atoms with Crippen LogP contribution in [0, 0.1) is 11.6 Å². The summed E-state index contributed by atoms with van der Waals surface area (Å²) < 4.78 is 40.5. The normalized spacial score (nSPS) is 21.5. The predicted octanol–water partition coefficient (Wildman–Crippen LogP) is 4.22. The van der Waals surface area contributed by atoms with Gasteiger partial charge >= 0.3 is 11.9 Å². The lowest BCUT2D eigenvalue weighted by atomic mass is 9.94. The van der Waals surface area contributed by atoms with Crippen molar-refractivity contribution >= 4 is 45.6 Å². The first-order valence-corrected chi connectivity index (χ1v) is 17.8. The van der Waals surface area contributed by atoms with Crippen molar-refractivity contribution in [2.45, 2.75) is 103 Å². The number of likely N-dealkylation sites (tertiary alicyclic amines) is 2. The Morgan fingerprint density at radius 1 is 0.731 bits per heavy atom. The van der Waals surface area contributed by atoms with Crippen LogP contribution >= 0.6 is 0 Å².